The Hall–Kier alpha value is -0.840. The van der Waals surface area contributed by atoms with Crippen LogP contribution in [0.3, 0.4) is 0 Å². The molecule has 4 heteroatoms. The zero-order valence-electron chi connectivity index (χ0n) is 10.3. The van der Waals surface area contributed by atoms with Gasteiger partial charge in [-0.3, -0.25) is 0 Å². The van der Waals surface area contributed by atoms with Crippen LogP contribution in [-0.4, -0.2) is 17.8 Å². The van der Waals surface area contributed by atoms with Gasteiger partial charge in [-0.05, 0) is 37.8 Å². The lowest BCUT2D eigenvalue weighted by atomic mass is 10.2. The van der Waals surface area contributed by atoms with Crippen LogP contribution < -0.4 is 5.32 Å². The minimum Gasteiger partial charge on any atom is -0.308 e. The predicted molar refractivity (Wildman–Crippen MR) is 79.3 cm³/mol. The van der Waals surface area contributed by atoms with Crippen molar-refractivity contribution in [1.29, 1.82) is 0 Å². The van der Waals surface area contributed by atoms with E-state index in [9.17, 15) is 0 Å². The van der Waals surface area contributed by atoms with Gasteiger partial charge in [0.2, 0.25) is 0 Å². The number of aromatic nitrogens is 1. The van der Waals surface area contributed by atoms with Crippen LogP contribution in [0.15, 0.2) is 34.5 Å². The molecular formula is C14H16N2S2. The van der Waals surface area contributed by atoms with Crippen LogP contribution in [-0.2, 0) is 0 Å². The molecule has 18 heavy (non-hydrogen) atoms. The highest BCUT2D eigenvalue weighted by Gasteiger charge is 2.19. The molecule has 1 aliphatic rings. The molecule has 0 saturated carbocycles. The van der Waals surface area contributed by atoms with Crippen molar-refractivity contribution in [3.05, 3.63) is 34.7 Å². The van der Waals surface area contributed by atoms with Gasteiger partial charge in [-0.2, -0.15) is 0 Å². The van der Waals surface area contributed by atoms with Gasteiger partial charge in [0.05, 0.1) is 11.7 Å². The first-order valence-corrected chi connectivity index (χ1v) is 8.30. The number of nitrogens with zero attached hydrogens (tertiary/aromatic N) is 1. The molecular weight excluding hydrogens is 260 g/mol. The van der Waals surface area contributed by atoms with Gasteiger partial charge in [0, 0.05) is 15.8 Å². The van der Waals surface area contributed by atoms with Crippen molar-refractivity contribution >= 4 is 23.1 Å². The van der Waals surface area contributed by atoms with E-state index in [1.165, 1.54) is 28.3 Å². The number of nitrogens with one attached hydrogen (secondary N) is 1. The molecule has 3 rings (SSSR count). The van der Waals surface area contributed by atoms with E-state index in [0.29, 0.717) is 6.04 Å². The van der Waals surface area contributed by atoms with Crippen molar-refractivity contribution in [2.75, 3.05) is 12.8 Å². The van der Waals surface area contributed by atoms with E-state index in [1.54, 1.807) is 23.1 Å². The Morgan fingerprint density at radius 3 is 2.83 bits per heavy atom. The number of thiazole rings is 1. The summed E-state index contributed by atoms with van der Waals surface area (Å²) in [6.45, 7) is 1.13. The molecule has 2 nitrogen and oxygen atoms in total. The van der Waals surface area contributed by atoms with Crippen LogP contribution in [0.2, 0.25) is 0 Å². The number of hydrogen-bond acceptors (Lipinski definition) is 4. The molecule has 0 bridgehead atoms. The minimum atomic E-state index is 0.481. The minimum absolute atomic E-state index is 0.481. The van der Waals surface area contributed by atoms with Crippen molar-refractivity contribution in [3.8, 4) is 11.3 Å². The Bertz CT molecular complexity index is 513. The van der Waals surface area contributed by atoms with Crippen LogP contribution >= 0.6 is 23.1 Å². The molecule has 94 valence electrons. The summed E-state index contributed by atoms with van der Waals surface area (Å²) in [4.78, 5) is 6.07. The average Bonchev–Trinajstić information content (AvgIpc) is 3.09. The molecule has 2 heterocycles. The fraction of sp³-hybridized carbons (Fsp3) is 0.357. The quantitative estimate of drug-likeness (QED) is 0.859. The molecule has 0 spiro atoms. The molecule has 0 radical (unpaired) electrons. The second-order valence-electron chi connectivity index (χ2n) is 4.45. The summed E-state index contributed by atoms with van der Waals surface area (Å²) in [6, 6.07) is 9.12. The molecule has 1 aromatic carbocycles. The van der Waals surface area contributed by atoms with Crippen LogP contribution in [0, 0.1) is 0 Å². The van der Waals surface area contributed by atoms with Crippen LogP contribution in [0.4, 0.5) is 0 Å². The lowest BCUT2D eigenvalue weighted by Crippen LogP contribution is -2.12. The summed E-state index contributed by atoms with van der Waals surface area (Å²) in [5, 5.41) is 6.90. The maximum absolute atomic E-state index is 4.77. The van der Waals surface area contributed by atoms with Gasteiger partial charge < -0.3 is 5.32 Å². The zero-order valence-corrected chi connectivity index (χ0v) is 12.0. The molecule has 1 N–H and O–H groups in total. The molecule has 1 aromatic heterocycles. The van der Waals surface area contributed by atoms with Crippen molar-refractivity contribution in [1.82, 2.24) is 10.3 Å². The van der Waals surface area contributed by atoms with Gasteiger partial charge >= 0.3 is 0 Å². The fourth-order valence-electron chi connectivity index (χ4n) is 2.24. The van der Waals surface area contributed by atoms with E-state index in [-0.39, 0.29) is 0 Å². The lowest BCUT2D eigenvalue weighted by molar-refractivity contribution is 0.643. The number of rotatable bonds is 3. The SMILES string of the molecule is CSc1ccc(-c2csc(C3CCCN3)n2)cc1. The highest BCUT2D eigenvalue weighted by molar-refractivity contribution is 7.98. The van der Waals surface area contributed by atoms with E-state index in [1.807, 2.05) is 0 Å². The molecule has 1 atom stereocenters. The zero-order chi connectivity index (χ0) is 12.4. The number of benzene rings is 1. The first kappa shape index (κ1) is 12.2. The third-order valence-electron chi connectivity index (χ3n) is 3.27. The third-order valence-corrected chi connectivity index (χ3v) is 4.97. The summed E-state index contributed by atoms with van der Waals surface area (Å²) < 4.78 is 0. The van der Waals surface area contributed by atoms with Gasteiger partial charge in [-0.15, -0.1) is 23.1 Å². The van der Waals surface area contributed by atoms with Gasteiger partial charge in [-0.25, -0.2) is 4.98 Å². The monoisotopic (exact) mass is 276 g/mol. The Morgan fingerprint density at radius 1 is 1.33 bits per heavy atom. The summed E-state index contributed by atoms with van der Waals surface area (Å²) in [5.74, 6) is 0. The van der Waals surface area contributed by atoms with E-state index in [2.05, 4.69) is 41.2 Å². The predicted octanol–water partition coefficient (Wildman–Crippen LogP) is 3.96. The Labute approximate surface area is 116 Å². The fourth-order valence-corrected chi connectivity index (χ4v) is 3.58. The van der Waals surface area contributed by atoms with Gasteiger partial charge in [0.15, 0.2) is 0 Å². The van der Waals surface area contributed by atoms with Crippen LogP contribution in [0.25, 0.3) is 11.3 Å². The van der Waals surface area contributed by atoms with Gasteiger partial charge in [-0.1, -0.05) is 12.1 Å². The summed E-state index contributed by atoms with van der Waals surface area (Å²) in [7, 11) is 0. The molecule has 1 unspecified atom stereocenters. The smallest absolute Gasteiger partial charge is 0.110 e. The molecule has 0 amide bonds. The second kappa shape index (κ2) is 5.43. The van der Waals surface area contributed by atoms with Crippen molar-refractivity contribution in [2.24, 2.45) is 0 Å². The largest absolute Gasteiger partial charge is 0.308 e. The summed E-state index contributed by atoms with van der Waals surface area (Å²) in [5.41, 5.74) is 2.32. The topological polar surface area (TPSA) is 24.9 Å². The van der Waals surface area contributed by atoms with E-state index in [4.69, 9.17) is 4.98 Å². The van der Waals surface area contributed by atoms with Gasteiger partial charge in [0.25, 0.3) is 0 Å². The first-order valence-electron chi connectivity index (χ1n) is 6.20. The van der Waals surface area contributed by atoms with E-state index < -0.39 is 0 Å². The van der Waals surface area contributed by atoms with Crippen molar-refractivity contribution in [3.63, 3.8) is 0 Å². The van der Waals surface area contributed by atoms with E-state index >= 15 is 0 Å². The van der Waals surface area contributed by atoms with Gasteiger partial charge in [0.1, 0.15) is 5.01 Å². The first-order chi connectivity index (χ1) is 8.86. The second-order valence-corrected chi connectivity index (χ2v) is 6.22. The van der Waals surface area contributed by atoms with Crippen molar-refractivity contribution < 1.29 is 0 Å². The van der Waals surface area contributed by atoms with Crippen LogP contribution in [0.5, 0.6) is 0 Å². The van der Waals surface area contributed by atoms with E-state index in [0.717, 1.165) is 12.2 Å². The third kappa shape index (κ3) is 2.46. The lowest BCUT2D eigenvalue weighted by Gasteiger charge is -2.04. The Morgan fingerprint density at radius 2 is 2.17 bits per heavy atom. The Kier molecular flexibility index (Phi) is 3.68. The highest BCUT2D eigenvalue weighted by atomic mass is 32.2. The van der Waals surface area contributed by atoms with Crippen LogP contribution in [0.1, 0.15) is 23.9 Å². The Balaban J connectivity index is 1.82. The molecule has 1 fully saturated rings. The standard InChI is InChI=1S/C14H16N2S2/c1-17-11-6-4-10(5-7-11)13-9-18-14(16-13)12-3-2-8-15-12/h4-7,9,12,15H,2-3,8H2,1H3. The molecule has 1 saturated heterocycles. The molecule has 1 aliphatic heterocycles. The molecule has 2 aromatic rings. The summed E-state index contributed by atoms with van der Waals surface area (Å²) >= 11 is 3.54. The average molecular weight is 276 g/mol. The number of thioether (sulfide) groups is 1. The molecule has 0 aliphatic carbocycles. The number of hydrogen-bond donors (Lipinski definition) is 1. The maximum Gasteiger partial charge on any atom is 0.110 e. The van der Waals surface area contributed by atoms with Crippen molar-refractivity contribution in [2.45, 2.75) is 23.8 Å². The maximum atomic E-state index is 4.77. The highest BCUT2D eigenvalue weighted by Crippen LogP contribution is 2.30. The normalized spacial score (nSPS) is 19.3. The summed E-state index contributed by atoms with van der Waals surface area (Å²) in [6.07, 6.45) is 4.59.